The van der Waals surface area contributed by atoms with Crippen LogP contribution in [0, 0.1) is 0 Å². The molecule has 0 amide bonds. The Labute approximate surface area is 94.6 Å². The zero-order valence-corrected chi connectivity index (χ0v) is 11.1. The maximum atomic E-state index is 5.94. The topological polar surface area (TPSA) is 70.5 Å². The molecule has 0 saturated carbocycles. The van der Waals surface area contributed by atoms with E-state index in [-0.39, 0.29) is 0 Å². The van der Waals surface area contributed by atoms with Gasteiger partial charge in [0.25, 0.3) is 0 Å². The van der Waals surface area contributed by atoms with Gasteiger partial charge < -0.3 is 20.0 Å². The second kappa shape index (κ2) is 9.29. The average molecular weight is 234 g/mol. The van der Waals surface area contributed by atoms with Crippen LogP contribution in [0.4, 0.5) is 0 Å². The van der Waals surface area contributed by atoms with Gasteiger partial charge in [0, 0.05) is 20.3 Å². The number of rotatable bonds is 10. The molecule has 0 bridgehead atoms. The normalized spacial score (nSPS) is 12.0. The number of hydrogen-bond acceptors (Lipinski definition) is 4. The van der Waals surface area contributed by atoms with E-state index in [1.54, 1.807) is 14.2 Å². The summed E-state index contributed by atoms with van der Waals surface area (Å²) in [5, 5.41) is 5.94. The molecule has 4 nitrogen and oxygen atoms in total. The lowest BCUT2D eigenvalue weighted by Crippen LogP contribution is -2.50. The van der Waals surface area contributed by atoms with Crippen LogP contribution in [0.25, 0.3) is 0 Å². The minimum Gasteiger partial charge on any atom is -0.386 e. The Morgan fingerprint density at radius 1 is 0.867 bits per heavy atom. The first kappa shape index (κ1) is 15.1. The van der Waals surface area contributed by atoms with Gasteiger partial charge in [0.05, 0.1) is 0 Å². The number of nitrogens with two attached hydrogens (primary N) is 2. The molecule has 92 valence electrons. The summed E-state index contributed by atoms with van der Waals surface area (Å²) < 4.78 is 10.4. The highest BCUT2D eigenvalue weighted by atomic mass is 28.4. The quantitative estimate of drug-likeness (QED) is 0.444. The first-order valence-corrected chi connectivity index (χ1v) is 7.88. The van der Waals surface area contributed by atoms with E-state index in [9.17, 15) is 0 Å². The molecule has 0 atom stereocenters. The van der Waals surface area contributed by atoms with Crippen molar-refractivity contribution in [2.45, 2.75) is 44.6 Å². The largest absolute Gasteiger partial charge is 0.421 e. The van der Waals surface area contributed by atoms with Crippen LogP contribution in [0.15, 0.2) is 0 Å². The van der Waals surface area contributed by atoms with Crippen molar-refractivity contribution >= 4 is 8.72 Å². The number of hydrogen-bond donors (Lipinski definition) is 2. The highest BCUT2D eigenvalue weighted by Crippen LogP contribution is 2.13. The molecular weight excluding hydrogens is 208 g/mol. The molecule has 0 unspecified atom stereocenters. The number of unbranched alkanes of at least 4 members (excludes halogenated alkanes) is 5. The molecule has 0 saturated heterocycles. The van der Waals surface area contributed by atoms with Crippen molar-refractivity contribution in [3.05, 3.63) is 0 Å². The molecule has 0 spiro atoms. The summed E-state index contributed by atoms with van der Waals surface area (Å²) in [6.45, 7) is 0.812. The van der Waals surface area contributed by atoms with Gasteiger partial charge in [-0.15, -0.1) is 0 Å². The standard InChI is InChI=1S/C10H26N2O2Si/c1-13-15(12,14-2)10-8-6-4-3-5-7-9-11/h3-12H2,1-2H3. The van der Waals surface area contributed by atoms with Gasteiger partial charge in [0.1, 0.15) is 0 Å². The van der Waals surface area contributed by atoms with Crippen molar-refractivity contribution in [2.75, 3.05) is 20.8 Å². The van der Waals surface area contributed by atoms with Crippen molar-refractivity contribution in [3.63, 3.8) is 0 Å². The van der Waals surface area contributed by atoms with Gasteiger partial charge in [-0.05, 0) is 19.4 Å². The summed E-state index contributed by atoms with van der Waals surface area (Å²) in [5.41, 5.74) is 5.42. The summed E-state index contributed by atoms with van der Waals surface area (Å²) in [6, 6.07) is 0.886. The van der Waals surface area contributed by atoms with Gasteiger partial charge in [-0.1, -0.05) is 25.7 Å². The first-order chi connectivity index (χ1) is 7.18. The van der Waals surface area contributed by atoms with E-state index in [1.807, 2.05) is 0 Å². The second-order valence-corrected chi connectivity index (χ2v) is 6.82. The van der Waals surface area contributed by atoms with E-state index < -0.39 is 8.72 Å². The molecule has 0 aliphatic rings. The highest BCUT2D eigenvalue weighted by Gasteiger charge is 2.29. The minimum atomic E-state index is -2.29. The van der Waals surface area contributed by atoms with Gasteiger partial charge >= 0.3 is 8.72 Å². The van der Waals surface area contributed by atoms with Crippen LogP contribution in [-0.4, -0.2) is 29.5 Å². The minimum absolute atomic E-state index is 0.812. The Hall–Kier alpha value is 0.0569. The molecule has 0 aliphatic carbocycles. The first-order valence-electron chi connectivity index (χ1n) is 5.78. The molecule has 0 rings (SSSR count). The van der Waals surface area contributed by atoms with Crippen LogP contribution in [0.2, 0.25) is 6.04 Å². The van der Waals surface area contributed by atoms with Gasteiger partial charge in [0.2, 0.25) is 0 Å². The Bertz CT molecular complexity index is 143. The molecular formula is C10H26N2O2Si. The van der Waals surface area contributed by atoms with Crippen LogP contribution >= 0.6 is 0 Å². The molecule has 4 N–H and O–H groups in total. The third-order valence-electron chi connectivity index (χ3n) is 2.67. The fraction of sp³-hybridized carbons (Fsp3) is 1.00. The Kier molecular flexibility index (Phi) is 9.33. The van der Waals surface area contributed by atoms with Crippen molar-refractivity contribution in [1.82, 2.24) is 0 Å². The van der Waals surface area contributed by atoms with Crippen LogP contribution < -0.4 is 11.1 Å². The van der Waals surface area contributed by atoms with Crippen molar-refractivity contribution in [1.29, 1.82) is 0 Å². The Balaban J connectivity index is 3.29. The monoisotopic (exact) mass is 234 g/mol. The molecule has 0 aromatic carbocycles. The van der Waals surface area contributed by atoms with E-state index in [0.717, 1.165) is 25.4 Å². The summed E-state index contributed by atoms with van der Waals surface area (Å²) in [5.74, 6) is 0. The second-order valence-electron chi connectivity index (χ2n) is 3.88. The third-order valence-corrected chi connectivity index (χ3v) is 5.10. The Morgan fingerprint density at radius 3 is 1.80 bits per heavy atom. The lowest BCUT2D eigenvalue weighted by molar-refractivity contribution is 0.241. The maximum Gasteiger partial charge on any atom is 0.421 e. The van der Waals surface area contributed by atoms with E-state index in [0.29, 0.717) is 0 Å². The Morgan fingerprint density at radius 2 is 1.33 bits per heavy atom. The third kappa shape index (κ3) is 7.93. The van der Waals surface area contributed by atoms with Gasteiger partial charge in [-0.2, -0.15) is 0 Å². The van der Waals surface area contributed by atoms with Crippen LogP contribution in [0.1, 0.15) is 38.5 Å². The van der Waals surface area contributed by atoms with Gasteiger partial charge in [0.15, 0.2) is 0 Å². The van der Waals surface area contributed by atoms with Crippen LogP contribution in [0.3, 0.4) is 0 Å². The molecule has 0 fully saturated rings. The van der Waals surface area contributed by atoms with Crippen molar-refractivity contribution in [2.24, 2.45) is 11.1 Å². The van der Waals surface area contributed by atoms with Crippen LogP contribution in [0.5, 0.6) is 0 Å². The van der Waals surface area contributed by atoms with Gasteiger partial charge in [-0.25, -0.2) is 0 Å². The SMILES string of the molecule is CO[Si](N)(CCCCCCCCN)OC. The fourth-order valence-electron chi connectivity index (χ4n) is 1.51. The molecule has 0 aromatic heterocycles. The van der Waals surface area contributed by atoms with E-state index in [1.165, 1.54) is 25.7 Å². The fourth-order valence-corrected chi connectivity index (χ4v) is 2.83. The molecule has 0 aliphatic heterocycles. The zero-order chi connectivity index (χ0) is 11.6. The van der Waals surface area contributed by atoms with Crippen molar-refractivity contribution < 1.29 is 8.85 Å². The van der Waals surface area contributed by atoms with E-state index in [4.69, 9.17) is 20.0 Å². The highest BCUT2D eigenvalue weighted by molar-refractivity contribution is 6.63. The predicted octanol–water partition coefficient (Wildman–Crippen LogP) is 1.48. The summed E-state index contributed by atoms with van der Waals surface area (Å²) in [6.07, 6.45) is 7.24. The van der Waals surface area contributed by atoms with Crippen molar-refractivity contribution in [3.8, 4) is 0 Å². The lowest BCUT2D eigenvalue weighted by Gasteiger charge is -2.21. The summed E-state index contributed by atoms with van der Waals surface area (Å²) in [7, 11) is 0.979. The van der Waals surface area contributed by atoms with E-state index >= 15 is 0 Å². The van der Waals surface area contributed by atoms with Gasteiger partial charge in [-0.3, -0.25) is 0 Å². The average Bonchev–Trinajstić information content (AvgIpc) is 2.27. The molecule has 5 heteroatoms. The smallest absolute Gasteiger partial charge is 0.386 e. The lowest BCUT2D eigenvalue weighted by atomic mass is 10.1. The molecule has 0 heterocycles. The van der Waals surface area contributed by atoms with E-state index in [2.05, 4.69) is 0 Å². The summed E-state index contributed by atoms with van der Waals surface area (Å²) in [4.78, 5) is 0. The molecule has 0 radical (unpaired) electrons. The maximum absolute atomic E-state index is 5.94. The molecule has 15 heavy (non-hydrogen) atoms. The predicted molar refractivity (Wildman–Crippen MR) is 65.5 cm³/mol. The zero-order valence-electron chi connectivity index (χ0n) is 10.1. The summed E-state index contributed by atoms with van der Waals surface area (Å²) >= 11 is 0. The van der Waals surface area contributed by atoms with Crippen LogP contribution in [-0.2, 0) is 8.85 Å². The molecule has 0 aromatic rings.